The van der Waals surface area contributed by atoms with Crippen LogP contribution in [-0.2, 0) is 14.3 Å². The van der Waals surface area contributed by atoms with Gasteiger partial charge in [0.25, 0.3) is 0 Å². The quantitative estimate of drug-likeness (QED) is 0.300. The van der Waals surface area contributed by atoms with E-state index < -0.39 is 41.2 Å². The van der Waals surface area contributed by atoms with Crippen molar-refractivity contribution in [3.05, 3.63) is 52.5 Å². The van der Waals surface area contributed by atoms with Crippen molar-refractivity contribution in [2.24, 2.45) is 5.92 Å². The fraction of sp³-hybridized carbons (Fsp3) is 0.300. The molecule has 0 amide bonds. The second-order valence-corrected chi connectivity index (χ2v) is 6.84. The smallest absolute Gasteiger partial charge is 0.174 e. The van der Waals surface area contributed by atoms with Crippen LogP contribution >= 0.6 is 0 Å². The molecule has 148 valence electrons. The van der Waals surface area contributed by atoms with Crippen LogP contribution < -0.4 is 0 Å². The molecule has 0 bridgehead atoms. The summed E-state index contributed by atoms with van der Waals surface area (Å²) in [6.45, 7) is 1.54. The summed E-state index contributed by atoms with van der Waals surface area (Å²) >= 11 is 0. The number of ketones is 1. The van der Waals surface area contributed by atoms with Crippen LogP contribution in [0.25, 0.3) is 5.76 Å². The fourth-order valence-electron chi connectivity index (χ4n) is 3.23. The molecule has 0 unspecified atom stereocenters. The maximum Gasteiger partial charge on any atom is 0.174 e. The lowest BCUT2D eigenvalue weighted by molar-refractivity contribution is -0.120. The van der Waals surface area contributed by atoms with Crippen molar-refractivity contribution in [3.63, 3.8) is 0 Å². The molecule has 1 aliphatic heterocycles. The third-order valence-corrected chi connectivity index (χ3v) is 4.61. The van der Waals surface area contributed by atoms with Gasteiger partial charge in [-0.3, -0.25) is 4.79 Å². The topological polar surface area (TPSA) is 145 Å². The van der Waals surface area contributed by atoms with Crippen LogP contribution in [0.5, 0.6) is 11.5 Å². The summed E-state index contributed by atoms with van der Waals surface area (Å²) in [5.41, 5.74) is 0.200. The highest BCUT2D eigenvalue weighted by Crippen LogP contribution is 2.42. The minimum Gasteiger partial charge on any atom is -0.507 e. The maximum atomic E-state index is 12.5. The van der Waals surface area contributed by atoms with Gasteiger partial charge in [0, 0.05) is 12.3 Å². The molecule has 3 rings (SSSR count). The molecule has 8 nitrogen and oxygen atoms in total. The number of phenolic OH excluding ortho intramolecular Hbond substituents is 2. The molecule has 1 heterocycles. The summed E-state index contributed by atoms with van der Waals surface area (Å²) in [4.78, 5) is 23.2. The Morgan fingerprint density at radius 2 is 1.96 bits per heavy atom. The Kier molecular flexibility index (Phi) is 5.15. The Balaban J connectivity index is 1.99. The summed E-state index contributed by atoms with van der Waals surface area (Å²) in [5, 5.41) is 50.0. The molecule has 1 aromatic carbocycles. The van der Waals surface area contributed by atoms with E-state index in [0.29, 0.717) is 11.8 Å². The first-order chi connectivity index (χ1) is 13.2. The van der Waals surface area contributed by atoms with E-state index in [0.717, 1.165) is 0 Å². The standard InChI is InChI=1S/C20H20O8/c1-9(8-21)2-13(23)12-3-10(4-16(26)20(12)27)17-7-15(25)19-14(24)5-11(22)6-18(19)28-17/h2-5,8-9,11,17,22-24,26-27H,6-7H2,1H3/b13-2-/t9-,11-,17+/m0/s1. The molecule has 0 radical (unpaired) electrons. The van der Waals surface area contributed by atoms with Crippen LogP contribution in [0.4, 0.5) is 0 Å². The van der Waals surface area contributed by atoms with Gasteiger partial charge in [-0.1, -0.05) is 6.92 Å². The molecule has 5 N–H and O–H groups in total. The van der Waals surface area contributed by atoms with Crippen molar-refractivity contribution < 1.29 is 39.9 Å². The van der Waals surface area contributed by atoms with Crippen molar-refractivity contribution in [3.8, 4) is 11.5 Å². The monoisotopic (exact) mass is 388 g/mol. The van der Waals surface area contributed by atoms with Crippen LogP contribution in [0.1, 0.15) is 37.0 Å². The largest absolute Gasteiger partial charge is 0.507 e. The zero-order valence-corrected chi connectivity index (χ0v) is 15.0. The van der Waals surface area contributed by atoms with E-state index in [-0.39, 0.29) is 35.5 Å². The molecule has 0 aromatic heterocycles. The number of aldehydes is 1. The van der Waals surface area contributed by atoms with Crippen molar-refractivity contribution in [1.29, 1.82) is 0 Å². The lowest BCUT2D eigenvalue weighted by Crippen LogP contribution is -2.27. The Hall–Kier alpha value is -3.26. The maximum absolute atomic E-state index is 12.5. The number of hydrogen-bond acceptors (Lipinski definition) is 8. The van der Waals surface area contributed by atoms with E-state index >= 15 is 0 Å². The van der Waals surface area contributed by atoms with Gasteiger partial charge in [0.15, 0.2) is 17.3 Å². The molecule has 0 saturated carbocycles. The number of carbonyl (C=O) groups is 2. The fourth-order valence-corrected chi connectivity index (χ4v) is 3.23. The zero-order valence-electron chi connectivity index (χ0n) is 15.0. The minimum atomic E-state index is -0.995. The van der Waals surface area contributed by atoms with Gasteiger partial charge in [-0.05, 0) is 29.8 Å². The second kappa shape index (κ2) is 7.40. The lowest BCUT2D eigenvalue weighted by atomic mass is 9.89. The van der Waals surface area contributed by atoms with Gasteiger partial charge in [-0.2, -0.15) is 0 Å². The first-order valence-electron chi connectivity index (χ1n) is 8.65. The van der Waals surface area contributed by atoms with Crippen LogP contribution in [0.2, 0.25) is 0 Å². The van der Waals surface area contributed by atoms with Gasteiger partial charge in [0.1, 0.15) is 29.7 Å². The normalized spacial score (nSPS) is 23.6. The summed E-state index contributed by atoms with van der Waals surface area (Å²) in [5.74, 6) is -2.74. The van der Waals surface area contributed by atoms with E-state index in [9.17, 15) is 35.1 Å². The van der Waals surface area contributed by atoms with Gasteiger partial charge >= 0.3 is 0 Å². The highest BCUT2D eigenvalue weighted by molar-refractivity contribution is 6.00. The number of aliphatic hydroxyl groups is 3. The molecule has 28 heavy (non-hydrogen) atoms. The Labute approximate surface area is 160 Å². The molecular formula is C20H20O8. The zero-order chi connectivity index (χ0) is 20.6. The van der Waals surface area contributed by atoms with Crippen molar-refractivity contribution >= 4 is 17.8 Å². The van der Waals surface area contributed by atoms with E-state index in [1.165, 1.54) is 31.2 Å². The molecule has 0 saturated heterocycles. The van der Waals surface area contributed by atoms with Crippen molar-refractivity contribution in [2.75, 3.05) is 0 Å². The molecule has 2 aliphatic rings. The van der Waals surface area contributed by atoms with E-state index in [1.54, 1.807) is 0 Å². The number of rotatable bonds is 4. The third kappa shape index (κ3) is 3.59. The number of aromatic hydroxyl groups is 2. The minimum absolute atomic E-state index is 0.0144. The first kappa shape index (κ1) is 19.5. The molecule has 1 aromatic rings. The van der Waals surface area contributed by atoms with Gasteiger partial charge in [-0.25, -0.2) is 0 Å². The Bertz CT molecular complexity index is 924. The lowest BCUT2D eigenvalue weighted by Gasteiger charge is -2.31. The van der Waals surface area contributed by atoms with Crippen molar-refractivity contribution in [1.82, 2.24) is 0 Å². The molecule has 0 spiro atoms. The summed E-state index contributed by atoms with van der Waals surface area (Å²) < 4.78 is 5.77. The van der Waals surface area contributed by atoms with E-state index in [1.807, 2.05) is 0 Å². The summed E-state index contributed by atoms with van der Waals surface area (Å²) in [6, 6.07) is 2.55. The number of phenols is 2. The highest BCUT2D eigenvalue weighted by atomic mass is 16.5. The SMILES string of the molecule is C[C@H](C=O)/C=C(\O)c1cc([C@H]2CC(=O)C3=C(C[C@@H](O)C=C3O)O2)cc(O)c1O. The van der Waals surface area contributed by atoms with Gasteiger partial charge in [0.05, 0.1) is 23.7 Å². The number of benzene rings is 1. The summed E-state index contributed by atoms with van der Waals surface area (Å²) in [6.07, 6.45) is 0.993. The molecule has 8 heteroatoms. The summed E-state index contributed by atoms with van der Waals surface area (Å²) in [7, 11) is 0. The van der Waals surface area contributed by atoms with Gasteiger partial charge in [0.2, 0.25) is 0 Å². The van der Waals surface area contributed by atoms with Crippen LogP contribution in [0, 0.1) is 5.92 Å². The third-order valence-electron chi connectivity index (χ3n) is 4.61. The van der Waals surface area contributed by atoms with E-state index in [4.69, 9.17) is 4.74 Å². The highest BCUT2D eigenvalue weighted by Gasteiger charge is 2.36. The molecular weight excluding hydrogens is 368 g/mol. The number of Topliss-reactive ketones (excluding diaryl/α,β-unsaturated/α-hetero) is 1. The number of hydrogen-bond donors (Lipinski definition) is 5. The van der Waals surface area contributed by atoms with Gasteiger partial charge in [-0.15, -0.1) is 0 Å². The molecule has 1 aliphatic carbocycles. The Morgan fingerprint density at radius 3 is 2.64 bits per heavy atom. The van der Waals surface area contributed by atoms with Crippen LogP contribution in [-0.4, -0.2) is 43.7 Å². The van der Waals surface area contributed by atoms with Crippen LogP contribution in [0.15, 0.2) is 41.4 Å². The number of ether oxygens (including phenoxy) is 1. The van der Waals surface area contributed by atoms with Crippen LogP contribution in [0.3, 0.4) is 0 Å². The van der Waals surface area contributed by atoms with Gasteiger partial charge < -0.3 is 35.1 Å². The average molecular weight is 388 g/mol. The predicted molar refractivity (Wildman–Crippen MR) is 97.4 cm³/mol. The number of carbonyl (C=O) groups excluding carboxylic acids is 2. The average Bonchev–Trinajstić information content (AvgIpc) is 2.62. The number of aliphatic hydroxyl groups excluding tert-OH is 3. The van der Waals surface area contributed by atoms with Crippen molar-refractivity contribution in [2.45, 2.75) is 32.0 Å². The predicted octanol–water partition coefficient (Wildman–Crippen LogP) is 2.32. The molecule has 0 fully saturated rings. The number of allylic oxidation sites excluding steroid dienone is 2. The second-order valence-electron chi connectivity index (χ2n) is 6.84. The van der Waals surface area contributed by atoms with E-state index in [2.05, 4.69) is 0 Å². The Morgan fingerprint density at radius 1 is 1.25 bits per heavy atom. The molecule has 3 atom stereocenters. The first-order valence-corrected chi connectivity index (χ1v) is 8.65.